The van der Waals surface area contributed by atoms with Gasteiger partial charge in [-0.15, -0.1) is 0 Å². The van der Waals surface area contributed by atoms with Crippen LogP contribution in [0.4, 0.5) is 0 Å². The summed E-state index contributed by atoms with van der Waals surface area (Å²) in [7, 11) is 0. The maximum atomic E-state index is 6.09. The van der Waals surface area contributed by atoms with Crippen molar-refractivity contribution in [2.75, 3.05) is 13.2 Å². The first kappa shape index (κ1) is 9.47. The molecule has 13 heavy (non-hydrogen) atoms. The molecule has 0 aromatic carbocycles. The summed E-state index contributed by atoms with van der Waals surface area (Å²) < 4.78 is 11.7. The minimum Gasteiger partial charge on any atom is -0.380 e. The third kappa shape index (κ3) is 1.62. The molecule has 0 amide bonds. The molecule has 2 heterocycles. The minimum absolute atomic E-state index is 0.0559. The lowest BCUT2D eigenvalue weighted by atomic mass is 9.78. The van der Waals surface area contributed by atoms with Crippen LogP contribution in [0.3, 0.4) is 0 Å². The summed E-state index contributed by atoms with van der Waals surface area (Å²) in [5, 5.41) is 0. The van der Waals surface area contributed by atoms with Crippen molar-refractivity contribution < 1.29 is 9.47 Å². The van der Waals surface area contributed by atoms with Gasteiger partial charge < -0.3 is 9.47 Å². The predicted molar refractivity (Wildman–Crippen MR) is 51.7 cm³/mol. The van der Waals surface area contributed by atoms with Gasteiger partial charge in [-0.2, -0.15) is 0 Å². The fraction of sp³-hybridized carbons (Fsp3) is 1.00. The van der Waals surface area contributed by atoms with E-state index in [0.717, 1.165) is 19.6 Å². The van der Waals surface area contributed by atoms with Crippen molar-refractivity contribution in [1.82, 2.24) is 0 Å². The molecular weight excluding hydrogens is 164 g/mol. The molecule has 2 aliphatic heterocycles. The fourth-order valence-corrected chi connectivity index (χ4v) is 2.73. The molecule has 2 heteroatoms. The van der Waals surface area contributed by atoms with Gasteiger partial charge in [0.05, 0.1) is 24.9 Å². The largest absolute Gasteiger partial charge is 0.380 e. The monoisotopic (exact) mass is 184 g/mol. The Morgan fingerprint density at radius 3 is 2.46 bits per heavy atom. The van der Waals surface area contributed by atoms with Gasteiger partial charge in [-0.25, -0.2) is 0 Å². The molecule has 2 fully saturated rings. The van der Waals surface area contributed by atoms with Crippen LogP contribution in [0.2, 0.25) is 0 Å². The summed E-state index contributed by atoms with van der Waals surface area (Å²) in [4.78, 5) is 0. The van der Waals surface area contributed by atoms with E-state index in [2.05, 4.69) is 27.7 Å². The Morgan fingerprint density at radius 1 is 1.15 bits per heavy atom. The second-order valence-electron chi connectivity index (χ2n) is 5.77. The molecule has 0 aromatic rings. The molecule has 0 aliphatic carbocycles. The number of ether oxygens (including phenoxy) is 2. The van der Waals surface area contributed by atoms with E-state index >= 15 is 0 Å². The molecule has 0 bridgehead atoms. The van der Waals surface area contributed by atoms with Crippen LogP contribution in [0, 0.1) is 11.3 Å². The summed E-state index contributed by atoms with van der Waals surface area (Å²) in [5.41, 5.74) is 0.247. The van der Waals surface area contributed by atoms with Crippen molar-refractivity contribution >= 4 is 0 Å². The lowest BCUT2D eigenvalue weighted by Gasteiger charge is -2.39. The van der Waals surface area contributed by atoms with Gasteiger partial charge in [-0.1, -0.05) is 13.8 Å². The molecule has 2 unspecified atom stereocenters. The van der Waals surface area contributed by atoms with E-state index in [1.807, 2.05) is 0 Å². The van der Waals surface area contributed by atoms with Gasteiger partial charge >= 0.3 is 0 Å². The third-order valence-corrected chi connectivity index (χ3v) is 3.20. The van der Waals surface area contributed by atoms with Crippen molar-refractivity contribution in [1.29, 1.82) is 0 Å². The van der Waals surface area contributed by atoms with E-state index in [9.17, 15) is 0 Å². The van der Waals surface area contributed by atoms with Gasteiger partial charge in [-0.3, -0.25) is 0 Å². The van der Waals surface area contributed by atoms with Crippen molar-refractivity contribution in [3.8, 4) is 0 Å². The Kier molecular flexibility index (Phi) is 1.97. The first-order valence-electron chi connectivity index (χ1n) is 5.16. The summed E-state index contributed by atoms with van der Waals surface area (Å²) in [6.07, 6.45) is 1.54. The third-order valence-electron chi connectivity index (χ3n) is 3.20. The van der Waals surface area contributed by atoms with Gasteiger partial charge in [0, 0.05) is 11.3 Å². The Labute approximate surface area is 80.6 Å². The average Bonchev–Trinajstić information content (AvgIpc) is 2.25. The zero-order valence-corrected chi connectivity index (χ0v) is 9.09. The van der Waals surface area contributed by atoms with Crippen molar-refractivity contribution in [3.05, 3.63) is 0 Å². The van der Waals surface area contributed by atoms with E-state index in [0.29, 0.717) is 12.0 Å². The van der Waals surface area contributed by atoms with Crippen LogP contribution in [0.1, 0.15) is 34.1 Å². The van der Waals surface area contributed by atoms with Crippen molar-refractivity contribution in [2.45, 2.75) is 45.8 Å². The fourth-order valence-electron chi connectivity index (χ4n) is 2.73. The second-order valence-corrected chi connectivity index (χ2v) is 5.77. The number of rotatable bonds is 0. The van der Waals surface area contributed by atoms with Gasteiger partial charge in [0.2, 0.25) is 0 Å². The first-order valence-corrected chi connectivity index (χ1v) is 5.16. The van der Waals surface area contributed by atoms with Crippen LogP contribution in [0.5, 0.6) is 0 Å². The van der Waals surface area contributed by atoms with Gasteiger partial charge in [0.1, 0.15) is 0 Å². The SMILES string of the molecule is CC1(C)CC2COCC(C)(C)C2O1. The predicted octanol–water partition coefficient (Wildman–Crippen LogP) is 2.23. The molecule has 2 saturated heterocycles. The molecule has 0 aromatic heterocycles. The van der Waals surface area contributed by atoms with Crippen molar-refractivity contribution in [2.24, 2.45) is 11.3 Å². The Bertz CT molecular complexity index is 208. The smallest absolute Gasteiger partial charge is 0.0706 e. The molecule has 0 spiro atoms. The second kappa shape index (κ2) is 2.71. The molecule has 0 N–H and O–H groups in total. The van der Waals surface area contributed by atoms with Crippen LogP contribution >= 0.6 is 0 Å². The average molecular weight is 184 g/mol. The highest BCUT2D eigenvalue weighted by Gasteiger charge is 2.49. The first-order chi connectivity index (χ1) is 5.91. The molecule has 76 valence electrons. The quantitative estimate of drug-likeness (QED) is 0.574. The molecule has 2 rings (SSSR count). The Hall–Kier alpha value is -0.0800. The Balaban J connectivity index is 2.17. The number of hydrogen-bond donors (Lipinski definition) is 0. The molecule has 2 atom stereocenters. The van der Waals surface area contributed by atoms with Gasteiger partial charge in [0.25, 0.3) is 0 Å². The molecule has 2 nitrogen and oxygen atoms in total. The maximum absolute atomic E-state index is 6.09. The van der Waals surface area contributed by atoms with E-state index in [1.165, 1.54) is 0 Å². The highest BCUT2D eigenvalue weighted by atomic mass is 16.5. The van der Waals surface area contributed by atoms with E-state index in [4.69, 9.17) is 9.47 Å². The van der Waals surface area contributed by atoms with Crippen LogP contribution in [-0.2, 0) is 9.47 Å². The normalized spacial score (nSPS) is 41.5. The van der Waals surface area contributed by atoms with E-state index in [1.54, 1.807) is 0 Å². The summed E-state index contributed by atoms with van der Waals surface area (Å²) >= 11 is 0. The summed E-state index contributed by atoms with van der Waals surface area (Å²) in [6.45, 7) is 10.6. The molecule has 2 aliphatic rings. The van der Waals surface area contributed by atoms with Crippen LogP contribution in [0.15, 0.2) is 0 Å². The lowest BCUT2D eigenvalue weighted by Crippen LogP contribution is -2.44. The van der Waals surface area contributed by atoms with Crippen LogP contribution in [-0.4, -0.2) is 24.9 Å². The Morgan fingerprint density at radius 2 is 1.85 bits per heavy atom. The highest BCUT2D eigenvalue weighted by molar-refractivity contribution is 4.97. The summed E-state index contributed by atoms with van der Waals surface area (Å²) in [6, 6.07) is 0. The zero-order valence-electron chi connectivity index (χ0n) is 9.09. The minimum atomic E-state index is 0.0559. The van der Waals surface area contributed by atoms with Crippen LogP contribution in [0.25, 0.3) is 0 Å². The van der Waals surface area contributed by atoms with E-state index in [-0.39, 0.29) is 11.0 Å². The maximum Gasteiger partial charge on any atom is 0.0706 e. The number of fused-ring (bicyclic) bond motifs is 1. The number of hydrogen-bond acceptors (Lipinski definition) is 2. The molecule has 0 saturated carbocycles. The topological polar surface area (TPSA) is 18.5 Å². The highest BCUT2D eigenvalue weighted by Crippen LogP contribution is 2.45. The van der Waals surface area contributed by atoms with Gasteiger partial charge in [0.15, 0.2) is 0 Å². The van der Waals surface area contributed by atoms with Crippen LogP contribution < -0.4 is 0 Å². The summed E-state index contributed by atoms with van der Waals surface area (Å²) in [5.74, 6) is 0.610. The molecule has 0 radical (unpaired) electrons. The zero-order chi connectivity index (χ0) is 9.69. The standard InChI is InChI=1S/C11H20O2/c1-10(2)7-12-6-8-5-11(3,4)13-9(8)10/h8-9H,5-7H2,1-4H3. The van der Waals surface area contributed by atoms with E-state index < -0.39 is 0 Å². The molecular formula is C11H20O2. The van der Waals surface area contributed by atoms with Crippen molar-refractivity contribution in [3.63, 3.8) is 0 Å². The lowest BCUT2D eigenvalue weighted by molar-refractivity contribution is -0.134. The van der Waals surface area contributed by atoms with Gasteiger partial charge in [-0.05, 0) is 20.3 Å².